The Balaban J connectivity index is 2.09. The predicted octanol–water partition coefficient (Wildman–Crippen LogP) is 3.25. The first-order chi connectivity index (χ1) is 8.01. The summed E-state index contributed by atoms with van der Waals surface area (Å²) in [6.45, 7) is 5.09. The van der Waals surface area contributed by atoms with Gasteiger partial charge in [-0.3, -0.25) is 0 Å². The van der Waals surface area contributed by atoms with Crippen molar-refractivity contribution in [1.29, 1.82) is 0 Å². The molecule has 0 aromatic rings. The lowest BCUT2D eigenvalue weighted by atomic mass is 9.97. The van der Waals surface area contributed by atoms with Gasteiger partial charge in [-0.25, -0.2) is 0 Å². The molecule has 1 aliphatic rings. The van der Waals surface area contributed by atoms with Crippen LogP contribution in [0, 0.1) is 5.92 Å². The molecule has 0 atom stereocenters. The summed E-state index contributed by atoms with van der Waals surface area (Å²) < 4.78 is 5.12. The molecule has 17 heavy (non-hydrogen) atoms. The van der Waals surface area contributed by atoms with Crippen LogP contribution in [0.1, 0.15) is 25.7 Å². The lowest BCUT2D eigenvalue weighted by molar-refractivity contribution is 0.185. The lowest BCUT2D eigenvalue weighted by Gasteiger charge is -2.28. The van der Waals surface area contributed by atoms with E-state index in [2.05, 4.69) is 13.1 Å². The molecule has 0 bridgehead atoms. The van der Waals surface area contributed by atoms with Crippen LogP contribution in [-0.4, -0.2) is 35.6 Å². The van der Waals surface area contributed by atoms with Crippen LogP contribution in [0.5, 0.6) is 0 Å². The van der Waals surface area contributed by atoms with E-state index in [4.69, 9.17) is 4.74 Å². The molecule has 1 N–H and O–H groups in total. The van der Waals surface area contributed by atoms with Gasteiger partial charge < -0.3 is 9.53 Å². The summed E-state index contributed by atoms with van der Waals surface area (Å²) >= 11 is 0. The molecule has 0 amide bonds. The average Bonchev–Trinajstić information content (AvgIpc) is 2.27. The maximum atomic E-state index is 9.89. The molecule has 102 valence electrons. The van der Waals surface area contributed by atoms with Gasteiger partial charge in [-0.1, -0.05) is 31.0 Å². The molecule has 1 fully saturated rings. The minimum absolute atomic E-state index is 0.462. The highest BCUT2D eigenvalue weighted by molar-refractivity contribution is 6.72. The quantitative estimate of drug-likeness (QED) is 0.570. The summed E-state index contributed by atoms with van der Waals surface area (Å²) in [7, 11) is -0.432. The van der Waals surface area contributed by atoms with Crippen LogP contribution >= 0.6 is 0 Å². The molecular formula is C13H30O2Si2. The molecule has 0 unspecified atom stereocenters. The number of rotatable bonds is 7. The van der Waals surface area contributed by atoms with Gasteiger partial charge in [-0.15, -0.1) is 0 Å². The van der Waals surface area contributed by atoms with Gasteiger partial charge in [-0.2, -0.15) is 0 Å². The maximum absolute atomic E-state index is 9.89. The van der Waals surface area contributed by atoms with Crippen LogP contribution in [0.25, 0.3) is 0 Å². The van der Waals surface area contributed by atoms with Crippen LogP contribution < -0.4 is 0 Å². The van der Waals surface area contributed by atoms with Crippen molar-refractivity contribution in [2.45, 2.75) is 63.0 Å². The van der Waals surface area contributed by atoms with Crippen LogP contribution in [0.2, 0.25) is 37.3 Å². The zero-order valence-electron chi connectivity index (χ0n) is 11.9. The van der Waals surface area contributed by atoms with Gasteiger partial charge in [0.2, 0.25) is 0 Å². The second-order valence-electron chi connectivity index (χ2n) is 6.37. The van der Waals surface area contributed by atoms with E-state index >= 15 is 0 Å². The Morgan fingerprint density at radius 2 is 1.94 bits per heavy atom. The molecule has 1 heterocycles. The van der Waals surface area contributed by atoms with E-state index < -0.39 is 17.1 Å². The number of hydrogen-bond donors (Lipinski definition) is 1. The Morgan fingerprint density at radius 1 is 1.29 bits per heavy atom. The van der Waals surface area contributed by atoms with E-state index in [0.717, 1.165) is 18.6 Å². The first-order valence-corrected chi connectivity index (χ1v) is 12.8. The predicted molar refractivity (Wildman–Crippen MR) is 79.9 cm³/mol. The van der Waals surface area contributed by atoms with Gasteiger partial charge in [0.05, 0.1) is 0 Å². The molecule has 0 aromatic heterocycles. The zero-order valence-corrected chi connectivity index (χ0v) is 14.0. The molecule has 0 spiro atoms. The van der Waals surface area contributed by atoms with Crippen molar-refractivity contribution in [3.8, 4) is 0 Å². The molecule has 0 radical (unpaired) electrons. The third kappa shape index (κ3) is 7.39. The molecular weight excluding hydrogens is 244 g/mol. The van der Waals surface area contributed by atoms with Gasteiger partial charge in [-0.05, 0) is 37.9 Å². The molecule has 0 aliphatic carbocycles. The third-order valence-corrected chi connectivity index (χ3v) is 9.59. The Kier molecular flexibility index (Phi) is 6.99. The lowest BCUT2D eigenvalue weighted by Crippen LogP contribution is -2.29. The second-order valence-corrected chi connectivity index (χ2v) is 14.0. The molecule has 1 aliphatic heterocycles. The van der Waals surface area contributed by atoms with Crippen molar-refractivity contribution in [3.05, 3.63) is 0 Å². The van der Waals surface area contributed by atoms with Gasteiger partial charge >= 0.3 is 0 Å². The minimum Gasteiger partial charge on any atom is -0.432 e. The summed E-state index contributed by atoms with van der Waals surface area (Å²) in [5.41, 5.74) is 0. The van der Waals surface area contributed by atoms with Crippen LogP contribution in [0.4, 0.5) is 0 Å². The zero-order chi connectivity index (χ0) is 12.7. The third-order valence-electron chi connectivity index (χ3n) is 4.09. The van der Waals surface area contributed by atoms with Crippen molar-refractivity contribution >= 4 is 17.1 Å². The number of methoxy groups -OCH3 is 1. The van der Waals surface area contributed by atoms with Crippen LogP contribution in [-0.2, 0) is 4.74 Å². The van der Waals surface area contributed by atoms with Crippen molar-refractivity contribution < 1.29 is 9.53 Å². The van der Waals surface area contributed by atoms with Crippen molar-refractivity contribution in [2.75, 3.05) is 13.7 Å². The van der Waals surface area contributed by atoms with Crippen molar-refractivity contribution in [3.63, 3.8) is 0 Å². The molecule has 1 rings (SSSR count). The van der Waals surface area contributed by atoms with Crippen molar-refractivity contribution in [2.24, 2.45) is 5.92 Å². The summed E-state index contributed by atoms with van der Waals surface area (Å²) in [5.74, 6) is 0.980. The summed E-state index contributed by atoms with van der Waals surface area (Å²) in [6, 6.07) is 5.61. The topological polar surface area (TPSA) is 29.5 Å². The molecule has 1 saturated heterocycles. The fraction of sp³-hybridized carbons (Fsp3) is 1.00. The average molecular weight is 275 g/mol. The molecule has 4 heteroatoms. The molecule has 2 nitrogen and oxygen atoms in total. The summed E-state index contributed by atoms with van der Waals surface area (Å²) in [6.07, 6.45) is 5.54. The van der Waals surface area contributed by atoms with Crippen LogP contribution in [0.15, 0.2) is 0 Å². The van der Waals surface area contributed by atoms with E-state index in [1.807, 2.05) is 0 Å². The van der Waals surface area contributed by atoms with E-state index in [-0.39, 0.29) is 0 Å². The van der Waals surface area contributed by atoms with Gasteiger partial charge in [0, 0.05) is 22.5 Å². The van der Waals surface area contributed by atoms with Crippen molar-refractivity contribution in [1.82, 2.24) is 0 Å². The minimum atomic E-state index is -1.77. The smallest absolute Gasteiger partial charge is 0.182 e. The Hall–Kier alpha value is 0.354. The normalized spacial score (nSPS) is 26.1. The highest BCUT2D eigenvalue weighted by Crippen LogP contribution is 2.31. The van der Waals surface area contributed by atoms with Crippen LogP contribution in [0.3, 0.4) is 0 Å². The van der Waals surface area contributed by atoms with E-state index in [0.29, 0.717) is 0 Å². The maximum Gasteiger partial charge on any atom is 0.182 e. The highest BCUT2D eigenvalue weighted by atomic mass is 28.4. The monoisotopic (exact) mass is 274 g/mol. The summed E-state index contributed by atoms with van der Waals surface area (Å²) in [4.78, 5) is 9.89. The van der Waals surface area contributed by atoms with E-state index in [1.54, 1.807) is 7.11 Å². The first kappa shape index (κ1) is 15.4. The SMILES string of the molecule is COCCCC1CC[SiH](CC[Si](C)(C)O)CC1. The molecule has 0 aromatic carbocycles. The molecule has 0 saturated carbocycles. The second kappa shape index (κ2) is 7.72. The first-order valence-electron chi connectivity index (χ1n) is 7.22. The van der Waals surface area contributed by atoms with Gasteiger partial charge in [0.15, 0.2) is 8.32 Å². The summed E-state index contributed by atoms with van der Waals surface area (Å²) in [5, 5.41) is 0. The Labute approximate surface area is 110 Å². The fourth-order valence-corrected chi connectivity index (χ4v) is 10.1. The fourth-order valence-electron chi connectivity index (χ4n) is 2.88. The Morgan fingerprint density at radius 3 is 2.47 bits per heavy atom. The van der Waals surface area contributed by atoms with Gasteiger partial charge in [0.1, 0.15) is 0 Å². The standard InChI is InChI=1S/C13H30O2Si2/c1-15-8-4-5-13-6-9-16(10-7-13)11-12-17(2,3)14/h13-14,16H,4-12H2,1-3H3. The number of ether oxygens (including phenoxy) is 1. The number of hydrogen-bond acceptors (Lipinski definition) is 2. The van der Waals surface area contributed by atoms with E-state index in [9.17, 15) is 4.80 Å². The van der Waals surface area contributed by atoms with E-state index in [1.165, 1.54) is 43.8 Å². The Bertz CT molecular complexity index is 196. The highest BCUT2D eigenvalue weighted by Gasteiger charge is 2.25. The van der Waals surface area contributed by atoms with Gasteiger partial charge in [0.25, 0.3) is 0 Å². The largest absolute Gasteiger partial charge is 0.432 e.